The summed E-state index contributed by atoms with van der Waals surface area (Å²) >= 11 is 3.30. The fourth-order valence-corrected chi connectivity index (χ4v) is 1.67. The van der Waals surface area contributed by atoms with E-state index in [1.165, 1.54) is 12.4 Å². The highest BCUT2D eigenvalue weighted by Crippen LogP contribution is 2.16. The van der Waals surface area contributed by atoms with Crippen LogP contribution in [0.5, 0.6) is 0 Å². The molecule has 0 aliphatic rings. The lowest BCUT2D eigenvalue weighted by atomic mass is 10.2. The van der Waals surface area contributed by atoms with E-state index >= 15 is 0 Å². The van der Waals surface area contributed by atoms with Crippen LogP contribution in [0.15, 0.2) is 41.4 Å². The van der Waals surface area contributed by atoms with Gasteiger partial charge in [-0.05, 0) is 18.2 Å². The van der Waals surface area contributed by atoms with E-state index in [-0.39, 0.29) is 5.82 Å². The molecule has 0 aliphatic carbocycles. The Morgan fingerprint density at radius 3 is 2.75 bits per heavy atom. The topological polar surface area (TPSA) is 37.8 Å². The summed E-state index contributed by atoms with van der Waals surface area (Å²) in [6, 6.07) is 4.85. The van der Waals surface area contributed by atoms with Crippen LogP contribution in [0.3, 0.4) is 0 Å². The van der Waals surface area contributed by atoms with Crippen molar-refractivity contribution in [2.75, 3.05) is 5.32 Å². The second kappa shape index (κ2) is 5.03. The lowest BCUT2D eigenvalue weighted by Gasteiger charge is -2.06. The van der Waals surface area contributed by atoms with Crippen LogP contribution in [0.1, 0.15) is 5.56 Å². The van der Waals surface area contributed by atoms with Crippen molar-refractivity contribution in [3.8, 4) is 0 Å². The van der Waals surface area contributed by atoms with Gasteiger partial charge in [0.15, 0.2) is 0 Å². The second-order valence-electron chi connectivity index (χ2n) is 3.22. The van der Waals surface area contributed by atoms with E-state index in [4.69, 9.17) is 0 Å². The quantitative estimate of drug-likeness (QED) is 0.940. The van der Waals surface area contributed by atoms with E-state index in [0.29, 0.717) is 12.1 Å². The number of rotatable bonds is 3. The lowest BCUT2D eigenvalue weighted by molar-refractivity contribution is 0.612. The first-order valence-corrected chi connectivity index (χ1v) is 5.48. The van der Waals surface area contributed by atoms with Gasteiger partial charge in [-0.2, -0.15) is 0 Å². The van der Waals surface area contributed by atoms with Gasteiger partial charge in [0.1, 0.15) is 12.1 Å². The number of hydrogen-bond acceptors (Lipinski definition) is 3. The third-order valence-electron chi connectivity index (χ3n) is 2.05. The van der Waals surface area contributed by atoms with Crippen molar-refractivity contribution >= 4 is 21.6 Å². The average Bonchev–Trinajstić information content (AvgIpc) is 2.32. The first kappa shape index (κ1) is 11.0. The zero-order valence-electron chi connectivity index (χ0n) is 8.32. The number of nitrogens with zero attached hydrogens (tertiary/aromatic N) is 2. The van der Waals surface area contributed by atoms with Crippen LogP contribution in [0.25, 0.3) is 0 Å². The van der Waals surface area contributed by atoms with Crippen LogP contribution in [-0.4, -0.2) is 9.97 Å². The Kier molecular flexibility index (Phi) is 3.46. The highest BCUT2D eigenvalue weighted by atomic mass is 79.9. The minimum atomic E-state index is -0.229. The molecule has 0 aliphatic heterocycles. The van der Waals surface area contributed by atoms with Gasteiger partial charge in [0.05, 0.1) is 18.1 Å². The Morgan fingerprint density at radius 1 is 1.25 bits per heavy atom. The Labute approximate surface area is 101 Å². The molecule has 1 N–H and O–H groups in total. The van der Waals surface area contributed by atoms with E-state index in [2.05, 4.69) is 31.2 Å². The zero-order valence-corrected chi connectivity index (χ0v) is 9.91. The molecule has 1 heterocycles. The normalized spacial score (nSPS) is 10.1. The van der Waals surface area contributed by atoms with Crippen molar-refractivity contribution in [1.29, 1.82) is 0 Å². The first-order chi connectivity index (χ1) is 7.75. The molecule has 0 bridgehead atoms. The molecule has 0 saturated carbocycles. The van der Waals surface area contributed by atoms with Crippen LogP contribution in [-0.2, 0) is 6.54 Å². The Hall–Kier alpha value is -1.49. The molecule has 3 nitrogen and oxygen atoms in total. The van der Waals surface area contributed by atoms with E-state index in [0.717, 1.165) is 10.2 Å². The maximum atomic E-state index is 13.4. The Morgan fingerprint density at radius 2 is 2.00 bits per heavy atom. The summed E-state index contributed by atoms with van der Waals surface area (Å²) in [6.45, 7) is 0.401. The lowest BCUT2D eigenvalue weighted by Crippen LogP contribution is -2.02. The van der Waals surface area contributed by atoms with E-state index < -0.39 is 0 Å². The second-order valence-corrected chi connectivity index (χ2v) is 4.13. The van der Waals surface area contributed by atoms with Gasteiger partial charge in [0, 0.05) is 16.6 Å². The van der Waals surface area contributed by atoms with E-state index in [9.17, 15) is 4.39 Å². The van der Waals surface area contributed by atoms with Crippen LogP contribution < -0.4 is 5.32 Å². The zero-order chi connectivity index (χ0) is 11.4. The average molecular weight is 282 g/mol. The largest absolute Gasteiger partial charge is 0.378 e. The highest BCUT2D eigenvalue weighted by Gasteiger charge is 2.02. The fourth-order valence-electron chi connectivity index (χ4n) is 1.27. The standard InChI is InChI=1S/C11H9BrFN3/c12-9-1-2-11(13)8(3-9)4-16-10-5-14-7-15-6-10/h1-3,5-7,16H,4H2. The smallest absolute Gasteiger partial charge is 0.128 e. The fraction of sp³-hybridized carbons (Fsp3) is 0.0909. The summed E-state index contributed by atoms with van der Waals surface area (Å²) in [7, 11) is 0. The molecule has 16 heavy (non-hydrogen) atoms. The monoisotopic (exact) mass is 281 g/mol. The third kappa shape index (κ3) is 2.76. The van der Waals surface area contributed by atoms with Gasteiger partial charge in [-0.1, -0.05) is 15.9 Å². The number of anilines is 1. The van der Waals surface area contributed by atoms with Crippen LogP contribution in [0.4, 0.5) is 10.1 Å². The molecule has 5 heteroatoms. The predicted octanol–water partition coefficient (Wildman–Crippen LogP) is 2.99. The molecule has 0 radical (unpaired) electrons. The molecular weight excluding hydrogens is 273 g/mol. The molecule has 0 spiro atoms. The predicted molar refractivity (Wildman–Crippen MR) is 63.5 cm³/mol. The Bertz CT molecular complexity index is 476. The molecule has 1 aromatic carbocycles. The van der Waals surface area contributed by atoms with Gasteiger partial charge in [0.2, 0.25) is 0 Å². The molecule has 1 aromatic heterocycles. The number of hydrogen-bond donors (Lipinski definition) is 1. The summed E-state index contributed by atoms with van der Waals surface area (Å²) in [5, 5.41) is 3.04. The minimum absolute atomic E-state index is 0.229. The molecular formula is C11H9BrFN3. The van der Waals surface area contributed by atoms with E-state index in [1.54, 1.807) is 24.5 Å². The summed E-state index contributed by atoms with van der Waals surface area (Å²) < 4.78 is 14.2. The van der Waals surface area contributed by atoms with Crippen LogP contribution in [0, 0.1) is 5.82 Å². The molecule has 2 aromatic rings. The molecule has 0 unspecified atom stereocenters. The van der Waals surface area contributed by atoms with Crippen molar-refractivity contribution in [2.45, 2.75) is 6.54 Å². The van der Waals surface area contributed by atoms with Gasteiger partial charge in [0.25, 0.3) is 0 Å². The summed E-state index contributed by atoms with van der Waals surface area (Å²) in [5.74, 6) is -0.229. The van der Waals surface area contributed by atoms with E-state index in [1.807, 2.05) is 0 Å². The SMILES string of the molecule is Fc1ccc(Br)cc1CNc1cncnc1. The third-order valence-corrected chi connectivity index (χ3v) is 2.54. The van der Waals surface area contributed by atoms with Crippen molar-refractivity contribution in [2.24, 2.45) is 0 Å². The van der Waals surface area contributed by atoms with Gasteiger partial charge in [-0.25, -0.2) is 14.4 Å². The van der Waals surface area contributed by atoms with Crippen LogP contribution in [0.2, 0.25) is 0 Å². The minimum Gasteiger partial charge on any atom is -0.378 e. The summed E-state index contributed by atoms with van der Waals surface area (Å²) in [5.41, 5.74) is 1.36. The van der Waals surface area contributed by atoms with Crippen LogP contribution >= 0.6 is 15.9 Å². The summed E-state index contributed by atoms with van der Waals surface area (Å²) in [6.07, 6.45) is 4.73. The maximum absolute atomic E-state index is 13.4. The number of aromatic nitrogens is 2. The van der Waals surface area contributed by atoms with Gasteiger partial charge in [-0.3, -0.25) is 0 Å². The number of halogens is 2. The molecule has 0 fully saturated rings. The van der Waals surface area contributed by atoms with Crippen molar-refractivity contribution in [3.05, 3.63) is 52.8 Å². The molecule has 82 valence electrons. The highest BCUT2D eigenvalue weighted by molar-refractivity contribution is 9.10. The van der Waals surface area contributed by atoms with Gasteiger partial charge >= 0.3 is 0 Å². The van der Waals surface area contributed by atoms with Gasteiger partial charge < -0.3 is 5.32 Å². The molecule has 0 saturated heterocycles. The van der Waals surface area contributed by atoms with Crippen molar-refractivity contribution in [3.63, 3.8) is 0 Å². The Balaban J connectivity index is 2.08. The molecule has 0 amide bonds. The van der Waals surface area contributed by atoms with Gasteiger partial charge in [-0.15, -0.1) is 0 Å². The number of benzene rings is 1. The first-order valence-electron chi connectivity index (χ1n) is 4.68. The van der Waals surface area contributed by atoms with Crippen molar-refractivity contribution < 1.29 is 4.39 Å². The molecule has 2 rings (SSSR count). The summed E-state index contributed by atoms with van der Waals surface area (Å²) in [4.78, 5) is 7.72. The maximum Gasteiger partial charge on any atom is 0.128 e. The number of nitrogens with one attached hydrogen (secondary N) is 1. The van der Waals surface area contributed by atoms with Crippen molar-refractivity contribution in [1.82, 2.24) is 9.97 Å². The molecule has 0 atom stereocenters.